The maximum Gasteiger partial charge on any atom is 0.221 e. The Morgan fingerprint density at radius 2 is 2.00 bits per heavy atom. The molecule has 1 aliphatic rings. The molecule has 3 nitrogen and oxygen atoms in total. The molecule has 1 aromatic heterocycles. The monoisotopic (exact) mass is 320 g/mol. The maximum absolute atomic E-state index is 6.21. The van der Waals surface area contributed by atoms with Crippen LogP contribution in [0, 0.1) is 0 Å². The van der Waals surface area contributed by atoms with E-state index in [0.717, 1.165) is 43.7 Å². The number of pyridine rings is 1. The van der Waals surface area contributed by atoms with Crippen molar-refractivity contribution in [3.8, 4) is 5.88 Å². The third-order valence-corrected chi connectivity index (χ3v) is 4.45. The molecule has 0 spiro atoms. The summed E-state index contributed by atoms with van der Waals surface area (Å²) in [5, 5.41) is 2.26. The van der Waals surface area contributed by atoms with Gasteiger partial charge in [0.15, 0.2) is 0 Å². The molecule has 3 heteroatoms. The van der Waals surface area contributed by atoms with Crippen molar-refractivity contribution in [3.05, 3.63) is 73.5 Å². The van der Waals surface area contributed by atoms with E-state index < -0.39 is 0 Å². The highest BCUT2D eigenvalue weighted by Gasteiger charge is 2.21. The number of piperidine rings is 1. The maximum atomic E-state index is 6.21. The van der Waals surface area contributed by atoms with Crippen molar-refractivity contribution in [2.75, 3.05) is 19.6 Å². The van der Waals surface area contributed by atoms with E-state index in [1.807, 2.05) is 42.6 Å². The fourth-order valence-corrected chi connectivity index (χ4v) is 3.12. The van der Waals surface area contributed by atoms with Gasteiger partial charge in [0.25, 0.3) is 0 Å². The highest BCUT2D eigenvalue weighted by Crippen LogP contribution is 2.25. The van der Waals surface area contributed by atoms with Crippen LogP contribution in [0.4, 0.5) is 0 Å². The standard InChI is InChI=1S/C21H24N2O/c1-3-7-17(4-2)16-23-14-11-19(12-15-23)24-21-20-9-6-5-8-18(20)10-13-22-21/h3-10,13,19H,1-2,11-12,14-16H2/b17-7+. The van der Waals surface area contributed by atoms with E-state index in [-0.39, 0.29) is 6.10 Å². The van der Waals surface area contributed by atoms with Gasteiger partial charge in [-0.2, -0.15) is 0 Å². The molecule has 0 bridgehead atoms. The summed E-state index contributed by atoms with van der Waals surface area (Å²) in [5.41, 5.74) is 1.21. The second kappa shape index (κ2) is 7.93. The van der Waals surface area contributed by atoms with Crippen molar-refractivity contribution >= 4 is 10.8 Å². The molecule has 2 heterocycles. The number of hydrogen-bond acceptors (Lipinski definition) is 3. The minimum absolute atomic E-state index is 0.232. The number of hydrogen-bond donors (Lipinski definition) is 0. The lowest BCUT2D eigenvalue weighted by molar-refractivity contribution is 0.103. The van der Waals surface area contributed by atoms with Gasteiger partial charge < -0.3 is 4.74 Å². The molecule has 0 aliphatic carbocycles. The van der Waals surface area contributed by atoms with Crippen LogP contribution in [0.25, 0.3) is 10.8 Å². The number of rotatable bonds is 6. The Morgan fingerprint density at radius 1 is 1.21 bits per heavy atom. The first-order valence-electron chi connectivity index (χ1n) is 8.47. The highest BCUT2D eigenvalue weighted by molar-refractivity contribution is 5.86. The average molecular weight is 320 g/mol. The molecular weight excluding hydrogens is 296 g/mol. The molecule has 0 amide bonds. The second-order valence-electron chi connectivity index (χ2n) is 6.11. The average Bonchev–Trinajstić information content (AvgIpc) is 2.63. The van der Waals surface area contributed by atoms with Gasteiger partial charge in [-0.25, -0.2) is 4.98 Å². The lowest BCUT2D eigenvalue weighted by Crippen LogP contribution is -2.39. The van der Waals surface area contributed by atoms with Crippen LogP contribution in [0.15, 0.2) is 73.5 Å². The summed E-state index contributed by atoms with van der Waals surface area (Å²) in [6, 6.07) is 10.3. The van der Waals surface area contributed by atoms with Crippen molar-refractivity contribution in [2.24, 2.45) is 0 Å². The van der Waals surface area contributed by atoms with Crippen LogP contribution in [-0.4, -0.2) is 35.6 Å². The van der Waals surface area contributed by atoms with Crippen LogP contribution in [-0.2, 0) is 0 Å². The molecule has 0 atom stereocenters. The molecule has 1 aromatic carbocycles. The van der Waals surface area contributed by atoms with Gasteiger partial charge in [-0.15, -0.1) is 0 Å². The molecule has 124 valence electrons. The van der Waals surface area contributed by atoms with Crippen molar-refractivity contribution in [1.29, 1.82) is 0 Å². The van der Waals surface area contributed by atoms with Crippen molar-refractivity contribution in [3.63, 3.8) is 0 Å². The summed E-state index contributed by atoms with van der Waals surface area (Å²) in [6.07, 6.45) is 9.84. The lowest BCUT2D eigenvalue weighted by Gasteiger charge is -2.32. The molecule has 24 heavy (non-hydrogen) atoms. The Balaban J connectivity index is 1.60. The zero-order valence-corrected chi connectivity index (χ0v) is 14.0. The van der Waals surface area contributed by atoms with E-state index in [1.165, 1.54) is 11.0 Å². The Bertz CT molecular complexity index is 737. The van der Waals surface area contributed by atoms with Gasteiger partial charge >= 0.3 is 0 Å². The van der Waals surface area contributed by atoms with E-state index >= 15 is 0 Å². The van der Waals surface area contributed by atoms with E-state index in [0.29, 0.717) is 0 Å². The molecule has 0 N–H and O–H groups in total. The van der Waals surface area contributed by atoms with Crippen molar-refractivity contribution in [1.82, 2.24) is 9.88 Å². The number of nitrogens with zero attached hydrogens (tertiary/aromatic N) is 2. The molecule has 3 rings (SSSR count). The van der Waals surface area contributed by atoms with Gasteiger partial charge in [0.2, 0.25) is 5.88 Å². The quantitative estimate of drug-likeness (QED) is 0.739. The number of likely N-dealkylation sites (tertiary alicyclic amines) is 1. The first-order chi connectivity index (χ1) is 11.8. The minimum atomic E-state index is 0.232. The van der Waals surface area contributed by atoms with E-state index in [1.54, 1.807) is 0 Å². The SMILES string of the molecule is C=C/C=C(\C=C)CN1CCC(Oc2nccc3ccccc23)CC1. The normalized spacial score (nSPS) is 16.9. The van der Waals surface area contributed by atoms with Crippen LogP contribution < -0.4 is 4.74 Å². The first kappa shape index (κ1) is 16.5. The fraction of sp³-hybridized carbons (Fsp3) is 0.286. The number of benzene rings is 1. The third kappa shape index (κ3) is 3.92. The van der Waals surface area contributed by atoms with E-state index in [2.05, 4.69) is 35.2 Å². The summed E-state index contributed by atoms with van der Waals surface area (Å²) in [7, 11) is 0. The zero-order valence-electron chi connectivity index (χ0n) is 14.0. The molecule has 1 aliphatic heterocycles. The summed E-state index contributed by atoms with van der Waals surface area (Å²) in [5.74, 6) is 0.755. The van der Waals surface area contributed by atoms with Crippen LogP contribution in [0.3, 0.4) is 0 Å². The van der Waals surface area contributed by atoms with Crippen molar-refractivity contribution in [2.45, 2.75) is 18.9 Å². The second-order valence-corrected chi connectivity index (χ2v) is 6.11. The number of fused-ring (bicyclic) bond motifs is 1. The van der Waals surface area contributed by atoms with Gasteiger partial charge in [-0.1, -0.05) is 49.6 Å². The molecule has 0 saturated carbocycles. The highest BCUT2D eigenvalue weighted by atomic mass is 16.5. The Hall–Kier alpha value is -2.39. The third-order valence-electron chi connectivity index (χ3n) is 4.45. The summed E-state index contributed by atoms with van der Waals surface area (Å²) in [4.78, 5) is 6.87. The van der Waals surface area contributed by atoms with Gasteiger partial charge in [0.05, 0.1) is 0 Å². The van der Waals surface area contributed by atoms with E-state index in [4.69, 9.17) is 4.74 Å². The summed E-state index contributed by atoms with van der Waals surface area (Å²) < 4.78 is 6.21. The molecule has 0 radical (unpaired) electrons. The van der Waals surface area contributed by atoms with Crippen LogP contribution >= 0.6 is 0 Å². The molecule has 1 fully saturated rings. The fourth-order valence-electron chi connectivity index (χ4n) is 3.12. The van der Waals surface area contributed by atoms with Gasteiger partial charge in [-0.05, 0) is 35.9 Å². The van der Waals surface area contributed by atoms with Gasteiger partial charge in [0, 0.05) is 31.2 Å². The zero-order chi connectivity index (χ0) is 16.8. The van der Waals surface area contributed by atoms with E-state index in [9.17, 15) is 0 Å². The molecule has 2 aromatic rings. The van der Waals surface area contributed by atoms with Gasteiger partial charge in [0.1, 0.15) is 6.10 Å². The Kier molecular flexibility index (Phi) is 5.44. The number of allylic oxidation sites excluding steroid dienone is 2. The van der Waals surface area contributed by atoms with Crippen molar-refractivity contribution < 1.29 is 4.74 Å². The predicted octanol–water partition coefficient (Wildman–Crippen LogP) is 4.38. The molecule has 0 unspecified atom stereocenters. The Morgan fingerprint density at radius 3 is 2.75 bits per heavy atom. The molecular formula is C21H24N2O. The topological polar surface area (TPSA) is 25.4 Å². The van der Waals surface area contributed by atoms with Crippen LogP contribution in [0.2, 0.25) is 0 Å². The largest absolute Gasteiger partial charge is 0.474 e. The smallest absolute Gasteiger partial charge is 0.221 e. The molecule has 1 saturated heterocycles. The summed E-state index contributed by atoms with van der Waals surface area (Å²) in [6.45, 7) is 10.6. The predicted molar refractivity (Wildman–Crippen MR) is 100 cm³/mol. The van der Waals surface area contributed by atoms with Crippen LogP contribution in [0.1, 0.15) is 12.8 Å². The number of aromatic nitrogens is 1. The summed E-state index contributed by atoms with van der Waals surface area (Å²) >= 11 is 0. The van der Waals surface area contributed by atoms with Gasteiger partial charge in [-0.3, -0.25) is 4.90 Å². The Labute approximate surface area is 144 Å². The minimum Gasteiger partial charge on any atom is -0.474 e. The number of ether oxygens (including phenoxy) is 1. The lowest BCUT2D eigenvalue weighted by atomic mass is 10.1. The van der Waals surface area contributed by atoms with Crippen LogP contribution in [0.5, 0.6) is 5.88 Å². The first-order valence-corrected chi connectivity index (χ1v) is 8.47.